The van der Waals surface area contributed by atoms with Crippen LogP contribution in [0.1, 0.15) is 49.0 Å². The number of rotatable bonds is 3. The third kappa shape index (κ3) is 3.28. The van der Waals surface area contributed by atoms with Gasteiger partial charge in [-0.15, -0.1) is 0 Å². The molecule has 3 aromatic rings. The van der Waals surface area contributed by atoms with E-state index in [9.17, 15) is 0 Å². The van der Waals surface area contributed by atoms with Crippen molar-refractivity contribution < 1.29 is 0 Å². The minimum Gasteiger partial charge on any atom is -0.356 e. The summed E-state index contributed by atoms with van der Waals surface area (Å²) in [5.74, 6) is 2.77. The first-order chi connectivity index (χ1) is 14.2. The summed E-state index contributed by atoms with van der Waals surface area (Å²) in [5, 5.41) is 0. The van der Waals surface area contributed by atoms with Gasteiger partial charge in [0, 0.05) is 42.0 Å². The van der Waals surface area contributed by atoms with E-state index in [0.29, 0.717) is 0 Å². The fourth-order valence-corrected chi connectivity index (χ4v) is 4.95. The second kappa shape index (κ2) is 7.21. The molecular weight excluding hydrogens is 358 g/mol. The molecule has 5 rings (SSSR count). The molecule has 2 aliphatic rings. The van der Waals surface area contributed by atoms with E-state index in [1.807, 2.05) is 25.1 Å². The summed E-state index contributed by atoms with van der Waals surface area (Å²) in [6, 6.07) is 12.5. The van der Waals surface area contributed by atoms with Gasteiger partial charge in [-0.2, -0.15) is 0 Å². The van der Waals surface area contributed by atoms with Crippen LogP contribution in [0.4, 0.5) is 5.82 Å². The largest absolute Gasteiger partial charge is 0.356 e. The Morgan fingerprint density at radius 2 is 1.93 bits per heavy atom. The molecule has 1 aromatic carbocycles. The molecule has 2 aromatic heterocycles. The fraction of sp³-hybridized carbons (Fsp3) is 0.417. The van der Waals surface area contributed by atoms with Crippen LogP contribution in [0.25, 0.3) is 11.4 Å². The summed E-state index contributed by atoms with van der Waals surface area (Å²) in [6.45, 7) is 6.17. The zero-order chi connectivity index (χ0) is 19.8. The molecule has 148 valence electrons. The highest BCUT2D eigenvalue weighted by atomic mass is 15.2. The Bertz CT molecular complexity index is 1030. The van der Waals surface area contributed by atoms with Gasteiger partial charge in [-0.25, -0.2) is 19.9 Å². The molecular formula is C24H27N5. The van der Waals surface area contributed by atoms with E-state index in [2.05, 4.69) is 46.2 Å². The summed E-state index contributed by atoms with van der Waals surface area (Å²) in [6.07, 6.45) is 7.56. The number of hydrogen-bond donors (Lipinski definition) is 0. The first-order valence-electron chi connectivity index (χ1n) is 10.7. The molecule has 1 spiro atoms. The lowest BCUT2D eigenvalue weighted by Gasteiger charge is -2.41. The third-order valence-electron chi connectivity index (χ3n) is 6.41. The van der Waals surface area contributed by atoms with E-state index in [-0.39, 0.29) is 5.41 Å². The minimum atomic E-state index is 0.102. The van der Waals surface area contributed by atoms with Crippen molar-refractivity contribution in [2.24, 2.45) is 0 Å². The Balaban J connectivity index is 1.50. The number of aromatic nitrogens is 4. The quantitative estimate of drug-likeness (QED) is 0.673. The Hall–Kier alpha value is -2.82. The van der Waals surface area contributed by atoms with Crippen LogP contribution in [-0.2, 0) is 18.3 Å². The average molecular weight is 386 g/mol. The zero-order valence-electron chi connectivity index (χ0n) is 17.2. The van der Waals surface area contributed by atoms with Crippen LogP contribution in [0.3, 0.4) is 0 Å². The van der Waals surface area contributed by atoms with Crippen molar-refractivity contribution in [3.05, 3.63) is 65.4 Å². The van der Waals surface area contributed by atoms with Crippen LogP contribution in [-0.4, -0.2) is 33.0 Å². The second-order valence-electron chi connectivity index (χ2n) is 8.36. The molecule has 1 saturated heterocycles. The van der Waals surface area contributed by atoms with E-state index < -0.39 is 0 Å². The average Bonchev–Trinajstić information content (AvgIpc) is 3.11. The lowest BCUT2D eigenvalue weighted by molar-refractivity contribution is 0.333. The van der Waals surface area contributed by atoms with Crippen molar-refractivity contribution in [3.8, 4) is 11.4 Å². The summed E-state index contributed by atoms with van der Waals surface area (Å²) >= 11 is 0. The van der Waals surface area contributed by atoms with Crippen molar-refractivity contribution >= 4 is 5.82 Å². The van der Waals surface area contributed by atoms with Crippen molar-refractivity contribution in [2.45, 2.75) is 51.4 Å². The number of nitrogens with zero attached hydrogens (tertiary/aromatic N) is 5. The zero-order valence-corrected chi connectivity index (χ0v) is 17.2. The molecule has 1 atom stereocenters. The Kier molecular flexibility index (Phi) is 4.53. The topological polar surface area (TPSA) is 54.8 Å². The van der Waals surface area contributed by atoms with Gasteiger partial charge >= 0.3 is 0 Å². The smallest absolute Gasteiger partial charge is 0.159 e. The minimum absolute atomic E-state index is 0.102. The third-order valence-corrected chi connectivity index (χ3v) is 6.41. The van der Waals surface area contributed by atoms with Crippen LogP contribution in [0.15, 0.2) is 42.6 Å². The maximum atomic E-state index is 5.11. The van der Waals surface area contributed by atoms with Gasteiger partial charge in [0.15, 0.2) is 5.82 Å². The lowest BCUT2D eigenvalue weighted by Crippen LogP contribution is -2.46. The molecule has 3 heterocycles. The number of benzene rings is 1. The highest BCUT2D eigenvalue weighted by molar-refractivity contribution is 5.56. The summed E-state index contributed by atoms with van der Waals surface area (Å²) < 4.78 is 0. The molecule has 29 heavy (non-hydrogen) atoms. The Labute approximate surface area is 172 Å². The molecule has 0 bridgehead atoms. The lowest BCUT2D eigenvalue weighted by atomic mass is 9.77. The van der Waals surface area contributed by atoms with Crippen LogP contribution in [0.5, 0.6) is 0 Å². The predicted molar refractivity (Wildman–Crippen MR) is 115 cm³/mol. The molecule has 0 N–H and O–H groups in total. The van der Waals surface area contributed by atoms with Gasteiger partial charge in [0.05, 0.1) is 5.69 Å². The number of hydrogen-bond acceptors (Lipinski definition) is 5. The molecule has 0 radical (unpaired) electrons. The molecule has 1 aliphatic carbocycles. The molecule has 1 unspecified atom stereocenters. The van der Waals surface area contributed by atoms with Gasteiger partial charge in [0.25, 0.3) is 0 Å². The standard InChI is InChI=1S/C24H27N5/c1-3-20-14-21(27-17(2)26-20)29-13-7-11-24(16-29)12-10-19-15-25-23(28-22(19)24)18-8-5-4-6-9-18/h4-6,8-9,14-15H,3,7,10-13,16H2,1-2H3. The predicted octanol–water partition coefficient (Wildman–Crippen LogP) is 4.29. The summed E-state index contributed by atoms with van der Waals surface area (Å²) in [7, 11) is 0. The van der Waals surface area contributed by atoms with E-state index >= 15 is 0 Å². The van der Waals surface area contributed by atoms with Crippen LogP contribution >= 0.6 is 0 Å². The molecule has 5 nitrogen and oxygen atoms in total. The molecule has 5 heteroatoms. The molecule has 1 aliphatic heterocycles. The first-order valence-corrected chi connectivity index (χ1v) is 10.7. The molecule has 0 saturated carbocycles. The maximum Gasteiger partial charge on any atom is 0.159 e. The monoisotopic (exact) mass is 385 g/mol. The number of fused-ring (bicyclic) bond motifs is 2. The van der Waals surface area contributed by atoms with Crippen molar-refractivity contribution in [2.75, 3.05) is 18.0 Å². The highest BCUT2D eigenvalue weighted by Crippen LogP contribution is 2.45. The normalized spacial score (nSPS) is 20.8. The summed E-state index contributed by atoms with van der Waals surface area (Å²) in [4.78, 5) is 21.6. The number of piperidine rings is 1. The number of aryl methyl sites for hydroxylation is 3. The van der Waals surface area contributed by atoms with Gasteiger partial charge in [0.1, 0.15) is 11.6 Å². The first kappa shape index (κ1) is 18.2. The van der Waals surface area contributed by atoms with Crippen molar-refractivity contribution in [3.63, 3.8) is 0 Å². The van der Waals surface area contributed by atoms with Gasteiger partial charge in [-0.1, -0.05) is 37.3 Å². The van der Waals surface area contributed by atoms with Crippen LogP contribution in [0, 0.1) is 6.92 Å². The fourth-order valence-electron chi connectivity index (χ4n) is 4.95. The van der Waals surface area contributed by atoms with Gasteiger partial charge in [0.2, 0.25) is 0 Å². The number of anilines is 1. The van der Waals surface area contributed by atoms with Crippen LogP contribution in [0.2, 0.25) is 0 Å². The van der Waals surface area contributed by atoms with Crippen LogP contribution < -0.4 is 4.90 Å². The Morgan fingerprint density at radius 1 is 1.07 bits per heavy atom. The van der Waals surface area contributed by atoms with E-state index in [1.165, 1.54) is 17.7 Å². The Morgan fingerprint density at radius 3 is 2.76 bits per heavy atom. The molecule has 0 amide bonds. The SMILES string of the molecule is CCc1cc(N2CCCC3(CCc4cnc(-c5ccccc5)nc43)C2)nc(C)n1. The van der Waals surface area contributed by atoms with E-state index in [0.717, 1.165) is 67.5 Å². The van der Waals surface area contributed by atoms with Gasteiger partial charge in [-0.3, -0.25) is 0 Å². The van der Waals surface area contributed by atoms with Crippen molar-refractivity contribution in [1.82, 2.24) is 19.9 Å². The van der Waals surface area contributed by atoms with E-state index in [1.54, 1.807) is 0 Å². The summed E-state index contributed by atoms with van der Waals surface area (Å²) in [5.41, 5.74) is 4.89. The molecule has 1 fully saturated rings. The van der Waals surface area contributed by atoms with Crippen molar-refractivity contribution in [1.29, 1.82) is 0 Å². The van der Waals surface area contributed by atoms with Gasteiger partial charge in [-0.05, 0) is 44.6 Å². The second-order valence-corrected chi connectivity index (χ2v) is 8.36. The maximum absolute atomic E-state index is 5.11. The highest BCUT2D eigenvalue weighted by Gasteiger charge is 2.44. The van der Waals surface area contributed by atoms with E-state index in [4.69, 9.17) is 9.97 Å². The van der Waals surface area contributed by atoms with Gasteiger partial charge < -0.3 is 4.90 Å².